The minimum atomic E-state index is 0.252. The Kier molecular flexibility index (Phi) is 4.94. The molecular formula is C16H29N3O. The fourth-order valence-corrected chi connectivity index (χ4v) is 3.62. The number of rotatable bonds is 6. The molecule has 2 N–H and O–H groups in total. The second kappa shape index (κ2) is 6.90. The topological polar surface area (TPSA) is 44.4 Å². The lowest BCUT2D eigenvalue weighted by Crippen LogP contribution is -2.36. The highest BCUT2D eigenvalue weighted by atomic mass is 16.1. The molecule has 2 heterocycles. The third-order valence-electron chi connectivity index (χ3n) is 5.10. The summed E-state index contributed by atoms with van der Waals surface area (Å²) in [6, 6.07) is 1.46. The van der Waals surface area contributed by atoms with Gasteiger partial charge < -0.3 is 15.5 Å². The molecule has 0 radical (unpaired) electrons. The molecule has 20 heavy (non-hydrogen) atoms. The van der Waals surface area contributed by atoms with Crippen LogP contribution in [0.3, 0.4) is 0 Å². The van der Waals surface area contributed by atoms with Crippen molar-refractivity contribution in [3.05, 3.63) is 0 Å². The molecule has 2 saturated heterocycles. The van der Waals surface area contributed by atoms with Crippen LogP contribution in [-0.2, 0) is 4.79 Å². The number of carbonyl (C=O) groups is 1. The van der Waals surface area contributed by atoms with Crippen LogP contribution in [0.1, 0.15) is 51.4 Å². The van der Waals surface area contributed by atoms with Gasteiger partial charge in [0.15, 0.2) is 0 Å². The summed E-state index contributed by atoms with van der Waals surface area (Å²) >= 11 is 0. The maximum atomic E-state index is 11.9. The van der Waals surface area contributed by atoms with Crippen molar-refractivity contribution in [3.63, 3.8) is 0 Å². The molecule has 4 heteroatoms. The van der Waals surface area contributed by atoms with Crippen LogP contribution < -0.4 is 10.6 Å². The lowest BCUT2D eigenvalue weighted by Gasteiger charge is -2.23. The number of likely N-dealkylation sites (tertiary alicyclic amines) is 1. The second-order valence-corrected chi connectivity index (χ2v) is 6.87. The Morgan fingerprint density at radius 2 is 2.10 bits per heavy atom. The van der Waals surface area contributed by atoms with Gasteiger partial charge in [-0.1, -0.05) is 6.42 Å². The number of carbonyl (C=O) groups excluding carboxylic acids is 1. The highest BCUT2D eigenvalue weighted by Crippen LogP contribution is 2.31. The Balaban J connectivity index is 1.27. The van der Waals surface area contributed by atoms with E-state index in [1.165, 1.54) is 51.6 Å². The monoisotopic (exact) mass is 279 g/mol. The Labute approximate surface area is 122 Å². The van der Waals surface area contributed by atoms with Gasteiger partial charge in [0.2, 0.25) is 5.91 Å². The molecule has 3 fully saturated rings. The van der Waals surface area contributed by atoms with E-state index in [0.29, 0.717) is 18.4 Å². The van der Waals surface area contributed by atoms with Crippen LogP contribution >= 0.6 is 0 Å². The van der Waals surface area contributed by atoms with Crippen molar-refractivity contribution in [2.45, 2.75) is 63.5 Å². The van der Waals surface area contributed by atoms with Gasteiger partial charge in [0.05, 0.1) is 0 Å². The van der Waals surface area contributed by atoms with E-state index in [9.17, 15) is 4.79 Å². The molecule has 0 spiro atoms. The van der Waals surface area contributed by atoms with E-state index in [1.807, 2.05) is 0 Å². The number of amides is 1. The average Bonchev–Trinajstić information content (AvgIpc) is 3.23. The van der Waals surface area contributed by atoms with Gasteiger partial charge in [0.25, 0.3) is 0 Å². The fraction of sp³-hybridized carbons (Fsp3) is 0.938. The smallest absolute Gasteiger partial charge is 0.220 e. The lowest BCUT2D eigenvalue weighted by atomic mass is 10.0. The Bertz CT molecular complexity index is 324. The summed E-state index contributed by atoms with van der Waals surface area (Å²) in [4.78, 5) is 14.5. The average molecular weight is 279 g/mol. The summed E-state index contributed by atoms with van der Waals surface area (Å²) in [5.41, 5.74) is 0. The number of hydrogen-bond acceptors (Lipinski definition) is 3. The molecule has 3 aliphatic rings. The van der Waals surface area contributed by atoms with E-state index >= 15 is 0 Å². The van der Waals surface area contributed by atoms with Crippen LogP contribution in [0.25, 0.3) is 0 Å². The lowest BCUT2D eigenvalue weighted by molar-refractivity contribution is -0.121. The van der Waals surface area contributed by atoms with Crippen LogP contribution in [-0.4, -0.2) is 49.1 Å². The number of nitrogens with zero attached hydrogens (tertiary/aromatic N) is 1. The largest absolute Gasteiger partial charge is 0.356 e. The molecule has 2 aliphatic heterocycles. The van der Waals surface area contributed by atoms with Crippen molar-refractivity contribution >= 4 is 5.91 Å². The van der Waals surface area contributed by atoms with Crippen LogP contribution in [0.5, 0.6) is 0 Å². The van der Waals surface area contributed by atoms with E-state index in [-0.39, 0.29) is 5.91 Å². The molecule has 3 rings (SSSR count). The predicted octanol–water partition coefficient (Wildman–Crippen LogP) is 1.51. The van der Waals surface area contributed by atoms with E-state index in [1.54, 1.807) is 0 Å². The first-order valence-electron chi connectivity index (χ1n) is 8.55. The normalized spacial score (nSPS) is 31.4. The van der Waals surface area contributed by atoms with Crippen LogP contribution in [0, 0.1) is 5.92 Å². The Hall–Kier alpha value is -0.610. The van der Waals surface area contributed by atoms with Crippen LogP contribution in [0.15, 0.2) is 0 Å². The molecule has 1 saturated carbocycles. The molecule has 1 aliphatic carbocycles. The van der Waals surface area contributed by atoms with E-state index in [4.69, 9.17) is 0 Å². The zero-order valence-electron chi connectivity index (χ0n) is 12.6. The number of piperidine rings is 1. The van der Waals surface area contributed by atoms with Gasteiger partial charge in [-0.15, -0.1) is 0 Å². The number of hydrogen-bond donors (Lipinski definition) is 2. The van der Waals surface area contributed by atoms with Crippen molar-refractivity contribution < 1.29 is 4.79 Å². The highest BCUT2D eigenvalue weighted by molar-refractivity contribution is 5.75. The molecule has 0 aromatic carbocycles. The molecule has 0 aromatic rings. The van der Waals surface area contributed by atoms with Gasteiger partial charge >= 0.3 is 0 Å². The van der Waals surface area contributed by atoms with Gasteiger partial charge in [-0.25, -0.2) is 0 Å². The summed E-state index contributed by atoms with van der Waals surface area (Å²) in [5.74, 6) is 0.939. The molecule has 0 aromatic heterocycles. The highest BCUT2D eigenvalue weighted by Gasteiger charge is 2.34. The standard InChI is InChI=1S/C16H29N3O/c20-16(7-4-14-3-1-2-9-17-14)18-11-13-8-10-19(12-13)15-5-6-15/h13-15,17H,1-12H2,(H,18,20). The Morgan fingerprint density at radius 3 is 2.85 bits per heavy atom. The van der Waals surface area contributed by atoms with Gasteiger partial charge in [0.1, 0.15) is 0 Å². The van der Waals surface area contributed by atoms with Crippen molar-refractivity contribution in [1.29, 1.82) is 0 Å². The van der Waals surface area contributed by atoms with E-state index in [0.717, 1.165) is 25.6 Å². The molecule has 2 atom stereocenters. The maximum absolute atomic E-state index is 11.9. The first kappa shape index (κ1) is 14.3. The molecule has 1 amide bonds. The van der Waals surface area contributed by atoms with Crippen molar-refractivity contribution in [2.24, 2.45) is 5.92 Å². The number of nitrogens with one attached hydrogen (secondary N) is 2. The van der Waals surface area contributed by atoms with Crippen molar-refractivity contribution in [3.8, 4) is 0 Å². The van der Waals surface area contributed by atoms with Crippen LogP contribution in [0.2, 0.25) is 0 Å². The fourth-order valence-electron chi connectivity index (χ4n) is 3.62. The zero-order valence-corrected chi connectivity index (χ0v) is 12.6. The molecule has 2 unspecified atom stereocenters. The SMILES string of the molecule is O=C(CCC1CCCCN1)NCC1CCN(C2CC2)C1. The minimum Gasteiger partial charge on any atom is -0.356 e. The summed E-state index contributed by atoms with van der Waals surface area (Å²) in [6.45, 7) is 4.47. The van der Waals surface area contributed by atoms with Gasteiger partial charge in [-0.05, 0) is 57.5 Å². The van der Waals surface area contributed by atoms with E-state index < -0.39 is 0 Å². The molecule has 114 valence electrons. The molecule has 4 nitrogen and oxygen atoms in total. The first-order chi connectivity index (χ1) is 9.81. The first-order valence-corrected chi connectivity index (χ1v) is 8.55. The third-order valence-corrected chi connectivity index (χ3v) is 5.10. The molecular weight excluding hydrogens is 250 g/mol. The summed E-state index contributed by atoms with van der Waals surface area (Å²) in [5, 5.41) is 6.66. The van der Waals surface area contributed by atoms with Crippen LogP contribution in [0.4, 0.5) is 0 Å². The second-order valence-electron chi connectivity index (χ2n) is 6.87. The van der Waals surface area contributed by atoms with E-state index in [2.05, 4.69) is 15.5 Å². The van der Waals surface area contributed by atoms with Crippen molar-refractivity contribution in [1.82, 2.24) is 15.5 Å². The van der Waals surface area contributed by atoms with Gasteiger partial charge in [-0.2, -0.15) is 0 Å². The zero-order chi connectivity index (χ0) is 13.8. The summed E-state index contributed by atoms with van der Waals surface area (Å²) in [7, 11) is 0. The Morgan fingerprint density at radius 1 is 1.20 bits per heavy atom. The quantitative estimate of drug-likeness (QED) is 0.774. The van der Waals surface area contributed by atoms with Crippen molar-refractivity contribution in [2.75, 3.05) is 26.2 Å². The van der Waals surface area contributed by atoms with Gasteiger partial charge in [0, 0.05) is 31.6 Å². The predicted molar refractivity (Wildman–Crippen MR) is 80.6 cm³/mol. The summed E-state index contributed by atoms with van der Waals surface area (Å²) < 4.78 is 0. The third kappa shape index (κ3) is 4.19. The van der Waals surface area contributed by atoms with Gasteiger partial charge in [-0.3, -0.25) is 4.79 Å². The minimum absolute atomic E-state index is 0.252. The maximum Gasteiger partial charge on any atom is 0.220 e. The molecule has 0 bridgehead atoms. The summed E-state index contributed by atoms with van der Waals surface area (Å²) in [6.07, 6.45) is 9.61.